The van der Waals surface area contributed by atoms with Crippen LogP contribution in [0, 0.1) is 11.8 Å². The molecule has 1 aromatic heterocycles. The molecule has 0 saturated heterocycles. The Balaban J connectivity index is 1.40. The van der Waals surface area contributed by atoms with Crippen LogP contribution >= 0.6 is 0 Å². The normalized spacial score (nSPS) is 22.3. The second-order valence-electron chi connectivity index (χ2n) is 12.4. The van der Waals surface area contributed by atoms with Gasteiger partial charge >= 0.3 is 12.1 Å². The van der Waals surface area contributed by atoms with Crippen molar-refractivity contribution in [2.24, 2.45) is 11.8 Å². The summed E-state index contributed by atoms with van der Waals surface area (Å²) >= 11 is 0. The molecule has 2 heterocycles. The molecule has 42 heavy (non-hydrogen) atoms. The highest BCUT2D eigenvalue weighted by molar-refractivity contribution is 6.08. The zero-order valence-electron chi connectivity index (χ0n) is 24.4. The number of hydrogen-bond donors (Lipinski definition) is 4. The van der Waals surface area contributed by atoms with E-state index in [9.17, 15) is 19.5 Å². The second kappa shape index (κ2) is 12.4. The van der Waals surface area contributed by atoms with Crippen LogP contribution in [0.3, 0.4) is 0 Å². The molecule has 0 bridgehead atoms. The molecule has 3 aliphatic rings. The SMILES string of the molecule is CC(C)(C)OC(=O)N/C(=C/c1cnc[nH]1)C(=O)Nc1cccc(C(C2=C(O)C3CCCCCCC3OC2=O)C2CC2)c1. The Kier molecular flexibility index (Phi) is 8.70. The Morgan fingerprint density at radius 2 is 1.90 bits per heavy atom. The van der Waals surface area contributed by atoms with Gasteiger partial charge in [-0.3, -0.25) is 10.1 Å². The number of aliphatic hydroxyl groups excluding tert-OH is 1. The van der Waals surface area contributed by atoms with Gasteiger partial charge in [-0.05, 0) is 82.6 Å². The molecule has 2 amide bonds. The molecular formula is C32H40N4O6. The quantitative estimate of drug-likeness (QED) is 0.230. The van der Waals surface area contributed by atoms with E-state index in [0.29, 0.717) is 17.0 Å². The van der Waals surface area contributed by atoms with E-state index in [1.807, 2.05) is 18.2 Å². The number of amides is 2. The molecule has 4 N–H and O–H groups in total. The largest absolute Gasteiger partial charge is 0.511 e. The summed E-state index contributed by atoms with van der Waals surface area (Å²) in [6.45, 7) is 5.21. The monoisotopic (exact) mass is 576 g/mol. The number of imidazole rings is 1. The summed E-state index contributed by atoms with van der Waals surface area (Å²) in [7, 11) is 0. The number of aromatic nitrogens is 2. The maximum atomic E-state index is 13.4. The Bertz CT molecular complexity index is 1370. The molecule has 0 spiro atoms. The van der Waals surface area contributed by atoms with Crippen molar-refractivity contribution in [1.82, 2.24) is 15.3 Å². The molecule has 3 unspecified atom stereocenters. The summed E-state index contributed by atoms with van der Waals surface area (Å²) in [6, 6.07) is 7.28. The molecule has 224 valence electrons. The van der Waals surface area contributed by atoms with Crippen LogP contribution in [0.15, 0.2) is 53.8 Å². The standard InChI is InChI=1S/C32H40N4O6/c1-32(2,3)42-31(40)36-24(16-22-17-33-18-34-22)29(38)35-21-10-8-9-20(15-21)26(19-13-14-19)27-28(37)23-11-6-4-5-7-12-25(23)41-30(27)39/h8-10,15-19,23,25-26,37H,4-7,11-14H2,1-3H3,(H,33,34)(H,35,38)(H,36,40)/b24-16+. The number of anilines is 1. The number of alkyl carbamates (subject to hydrolysis) is 1. The van der Waals surface area contributed by atoms with Gasteiger partial charge in [-0.25, -0.2) is 14.6 Å². The first-order chi connectivity index (χ1) is 20.1. The van der Waals surface area contributed by atoms with Crippen molar-refractivity contribution < 1.29 is 29.0 Å². The van der Waals surface area contributed by atoms with Gasteiger partial charge in [0.25, 0.3) is 5.91 Å². The van der Waals surface area contributed by atoms with Crippen molar-refractivity contribution in [3.8, 4) is 0 Å². The van der Waals surface area contributed by atoms with E-state index in [1.54, 1.807) is 26.8 Å². The van der Waals surface area contributed by atoms with Crippen molar-refractivity contribution in [2.75, 3.05) is 5.32 Å². The zero-order valence-corrected chi connectivity index (χ0v) is 24.4. The highest BCUT2D eigenvalue weighted by Crippen LogP contribution is 2.50. The predicted molar refractivity (Wildman–Crippen MR) is 157 cm³/mol. The van der Waals surface area contributed by atoms with Crippen LogP contribution < -0.4 is 10.6 Å². The van der Waals surface area contributed by atoms with Crippen LogP contribution in [0.2, 0.25) is 0 Å². The third kappa shape index (κ3) is 7.21. The Labute approximate surface area is 246 Å². The van der Waals surface area contributed by atoms with E-state index in [4.69, 9.17) is 9.47 Å². The lowest BCUT2D eigenvalue weighted by Gasteiger charge is -2.36. The minimum Gasteiger partial charge on any atom is -0.511 e. The fourth-order valence-electron chi connectivity index (χ4n) is 5.88. The summed E-state index contributed by atoms with van der Waals surface area (Å²) in [5.74, 6) is -1.12. The maximum Gasteiger partial charge on any atom is 0.412 e. The van der Waals surface area contributed by atoms with Crippen molar-refractivity contribution in [3.05, 3.63) is 65.1 Å². The molecule has 2 aromatic rings. The van der Waals surface area contributed by atoms with Crippen molar-refractivity contribution >= 4 is 29.7 Å². The van der Waals surface area contributed by atoms with E-state index in [-0.39, 0.29) is 35.3 Å². The fraction of sp³-hybridized carbons (Fsp3) is 0.500. The van der Waals surface area contributed by atoms with Gasteiger partial charge in [-0.1, -0.05) is 31.4 Å². The molecule has 2 fully saturated rings. The number of benzene rings is 1. The minimum atomic E-state index is -0.767. The molecule has 10 nitrogen and oxygen atoms in total. The number of nitrogens with one attached hydrogen (secondary N) is 3. The van der Waals surface area contributed by atoms with Crippen LogP contribution in [0.25, 0.3) is 6.08 Å². The first-order valence-corrected chi connectivity index (χ1v) is 14.8. The highest BCUT2D eigenvalue weighted by Gasteiger charge is 2.45. The number of esters is 1. The van der Waals surface area contributed by atoms with Crippen molar-refractivity contribution in [2.45, 2.75) is 89.8 Å². The summed E-state index contributed by atoms with van der Waals surface area (Å²) < 4.78 is 11.3. The number of aliphatic hydroxyl groups is 1. The Morgan fingerprint density at radius 1 is 1.14 bits per heavy atom. The van der Waals surface area contributed by atoms with Gasteiger partial charge in [0.15, 0.2) is 0 Å². The van der Waals surface area contributed by atoms with Crippen LogP contribution in [0.4, 0.5) is 10.5 Å². The van der Waals surface area contributed by atoms with Gasteiger partial charge < -0.3 is 24.9 Å². The summed E-state index contributed by atoms with van der Waals surface area (Å²) in [5.41, 5.74) is 1.39. The molecule has 10 heteroatoms. The summed E-state index contributed by atoms with van der Waals surface area (Å²) in [4.78, 5) is 46.1. The molecule has 2 saturated carbocycles. The number of carbonyl (C=O) groups excluding carboxylic acids is 3. The number of carbonyl (C=O) groups is 3. The smallest absolute Gasteiger partial charge is 0.412 e. The van der Waals surface area contributed by atoms with E-state index in [1.165, 1.54) is 18.6 Å². The number of ether oxygens (including phenoxy) is 2. The average molecular weight is 577 g/mol. The molecule has 1 aromatic carbocycles. The third-order valence-corrected chi connectivity index (χ3v) is 7.92. The minimum absolute atomic E-state index is 0.0378. The number of fused-ring (bicyclic) bond motifs is 1. The van der Waals surface area contributed by atoms with E-state index in [0.717, 1.165) is 56.9 Å². The van der Waals surface area contributed by atoms with Gasteiger partial charge in [-0.2, -0.15) is 0 Å². The Hall–Kier alpha value is -4.08. The molecule has 1 aliphatic heterocycles. The molecule has 3 atom stereocenters. The lowest BCUT2D eigenvalue weighted by Crippen LogP contribution is -2.37. The first-order valence-electron chi connectivity index (χ1n) is 14.8. The lowest BCUT2D eigenvalue weighted by atomic mass is 9.78. The summed E-state index contributed by atoms with van der Waals surface area (Å²) in [6.07, 6.45) is 11.1. The van der Waals surface area contributed by atoms with Crippen LogP contribution in [0.5, 0.6) is 0 Å². The van der Waals surface area contributed by atoms with Gasteiger partial charge in [-0.15, -0.1) is 0 Å². The maximum absolute atomic E-state index is 13.4. The first kappa shape index (κ1) is 29.4. The lowest BCUT2D eigenvalue weighted by molar-refractivity contribution is -0.151. The second-order valence-corrected chi connectivity index (χ2v) is 12.4. The van der Waals surface area contributed by atoms with Crippen molar-refractivity contribution in [3.63, 3.8) is 0 Å². The van der Waals surface area contributed by atoms with Gasteiger partial charge in [0.05, 0.1) is 29.7 Å². The number of H-pyrrole nitrogens is 1. The van der Waals surface area contributed by atoms with E-state index < -0.39 is 23.6 Å². The fourth-order valence-corrected chi connectivity index (χ4v) is 5.88. The van der Waals surface area contributed by atoms with Gasteiger partial charge in [0.1, 0.15) is 23.2 Å². The van der Waals surface area contributed by atoms with E-state index in [2.05, 4.69) is 20.6 Å². The third-order valence-electron chi connectivity index (χ3n) is 7.92. The molecular weight excluding hydrogens is 536 g/mol. The number of rotatable bonds is 7. The topological polar surface area (TPSA) is 143 Å². The van der Waals surface area contributed by atoms with Crippen LogP contribution in [-0.2, 0) is 19.1 Å². The highest BCUT2D eigenvalue weighted by atomic mass is 16.6. The van der Waals surface area contributed by atoms with Crippen LogP contribution in [-0.4, -0.2) is 44.7 Å². The Morgan fingerprint density at radius 3 is 2.60 bits per heavy atom. The molecule has 2 aliphatic carbocycles. The summed E-state index contributed by atoms with van der Waals surface area (Å²) in [5, 5.41) is 16.9. The van der Waals surface area contributed by atoms with E-state index >= 15 is 0 Å². The van der Waals surface area contributed by atoms with Gasteiger partial charge in [0.2, 0.25) is 0 Å². The number of aromatic amines is 1. The molecule has 5 rings (SSSR count). The van der Waals surface area contributed by atoms with Crippen LogP contribution in [0.1, 0.15) is 89.3 Å². The average Bonchev–Trinajstić information content (AvgIpc) is 3.60. The predicted octanol–water partition coefficient (Wildman–Crippen LogP) is 6.12. The number of nitrogens with zero attached hydrogens (tertiary/aromatic N) is 1. The van der Waals surface area contributed by atoms with Crippen molar-refractivity contribution in [1.29, 1.82) is 0 Å². The number of hydrogen-bond acceptors (Lipinski definition) is 7. The zero-order chi connectivity index (χ0) is 29.9. The van der Waals surface area contributed by atoms with Gasteiger partial charge in [0, 0.05) is 11.6 Å². The molecule has 0 radical (unpaired) electrons.